The summed E-state index contributed by atoms with van der Waals surface area (Å²) < 4.78 is 15.2. The second kappa shape index (κ2) is 10.4. The molecule has 1 atom stereocenters. The first kappa shape index (κ1) is 22.8. The summed E-state index contributed by atoms with van der Waals surface area (Å²) in [5, 5.41) is 13.9. The fraction of sp³-hybridized carbons (Fsp3) is 0.474. The lowest BCUT2D eigenvalue weighted by atomic mass is 10.2. The van der Waals surface area contributed by atoms with Gasteiger partial charge in [-0.15, -0.1) is 10.2 Å². The number of halogens is 1. The Balaban J connectivity index is 2.15. The number of rotatable bonds is 8. The van der Waals surface area contributed by atoms with Crippen molar-refractivity contribution in [1.82, 2.24) is 25.4 Å². The molecule has 0 saturated carbocycles. The lowest BCUT2D eigenvalue weighted by molar-refractivity contribution is -0.890. The number of thioether (sulfide) groups is 1. The first-order valence-electron chi connectivity index (χ1n) is 9.40. The van der Waals surface area contributed by atoms with Crippen LogP contribution in [0.5, 0.6) is 0 Å². The van der Waals surface area contributed by atoms with E-state index in [1.807, 2.05) is 39.4 Å². The molecule has 0 saturated heterocycles. The van der Waals surface area contributed by atoms with Gasteiger partial charge in [0.25, 0.3) is 0 Å². The van der Waals surface area contributed by atoms with Crippen LogP contribution >= 0.6 is 11.8 Å². The highest BCUT2D eigenvalue weighted by molar-refractivity contribution is 7.99. The number of urea groups is 1. The number of nitrogens with one attached hydrogen (secondary N) is 3. The Hall–Kier alpha value is -2.46. The molecule has 29 heavy (non-hydrogen) atoms. The SMILES string of the molecule is CC(C)CNC(=O)NC(=O)CSc1nnc([C@@H](C)[NH+](C)C)n1-c1ccc(F)cc1. The molecule has 0 unspecified atom stereocenters. The van der Waals surface area contributed by atoms with Crippen LogP contribution in [0.25, 0.3) is 5.69 Å². The zero-order valence-electron chi connectivity index (χ0n) is 17.3. The van der Waals surface area contributed by atoms with Gasteiger partial charge in [-0.2, -0.15) is 0 Å². The Morgan fingerprint density at radius 3 is 2.41 bits per heavy atom. The van der Waals surface area contributed by atoms with Crippen molar-refractivity contribution < 1.29 is 18.9 Å². The minimum atomic E-state index is -0.519. The molecule has 1 aromatic carbocycles. The highest BCUT2D eigenvalue weighted by Crippen LogP contribution is 2.24. The molecule has 1 heterocycles. The van der Waals surface area contributed by atoms with E-state index in [0.717, 1.165) is 16.7 Å². The highest BCUT2D eigenvalue weighted by Gasteiger charge is 2.24. The maximum absolute atomic E-state index is 13.4. The van der Waals surface area contributed by atoms with E-state index in [9.17, 15) is 14.0 Å². The largest absolute Gasteiger partial charge is 0.338 e. The molecule has 158 valence electrons. The van der Waals surface area contributed by atoms with Gasteiger partial charge in [0.05, 0.1) is 19.8 Å². The van der Waals surface area contributed by atoms with Crippen LogP contribution in [-0.2, 0) is 4.79 Å². The molecular weight excluding hydrogens is 395 g/mol. The number of hydrogen-bond donors (Lipinski definition) is 3. The van der Waals surface area contributed by atoms with Crippen molar-refractivity contribution in [3.05, 3.63) is 35.9 Å². The number of nitrogens with zero attached hydrogens (tertiary/aromatic N) is 3. The zero-order chi connectivity index (χ0) is 21.6. The van der Waals surface area contributed by atoms with Crippen LogP contribution in [0.4, 0.5) is 9.18 Å². The Kier molecular flexibility index (Phi) is 8.15. The maximum Gasteiger partial charge on any atom is 0.321 e. The van der Waals surface area contributed by atoms with Gasteiger partial charge < -0.3 is 10.2 Å². The van der Waals surface area contributed by atoms with E-state index in [1.165, 1.54) is 12.1 Å². The molecule has 0 fully saturated rings. The van der Waals surface area contributed by atoms with Crippen molar-refractivity contribution in [2.75, 3.05) is 26.4 Å². The zero-order valence-corrected chi connectivity index (χ0v) is 18.1. The van der Waals surface area contributed by atoms with Crippen molar-refractivity contribution in [3.63, 3.8) is 0 Å². The van der Waals surface area contributed by atoms with Crippen LogP contribution in [0.1, 0.15) is 32.6 Å². The quantitative estimate of drug-likeness (QED) is 0.555. The Morgan fingerprint density at radius 2 is 1.83 bits per heavy atom. The third-order valence-electron chi connectivity index (χ3n) is 4.25. The van der Waals surface area contributed by atoms with Gasteiger partial charge >= 0.3 is 6.03 Å². The predicted octanol–water partition coefficient (Wildman–Crippen LogP) is 1.19. The van der Waals surface area contributed by atoms with E-state index in [0.29, 0.717) is 29.1 Å². The molecule has 0 radical (unpaired) electrons. The van der Waals surface area contributed by atoms with Crippen molar-refractivity contribution in [1.29, 1.82) is 0 Å². The molecule has 3 amide bonds. The topological polar surface area (TPSA) is 93.3 Å². The van der Waals surface area contributed by atoms with Crippen molar-refractivity contribution >= 4 is 23.7 Å². The molecule has 1 aromatic heterocycles. The summed E-state index contributed by atoms with van der Waals surface area (Å²) in [5.41, 5.74) is 0.706. The van der Waals surface area contributed by atoms with Crippen molar-refractivity contribution in [2.45, 2.75) is 32.0 Å². The van der Waals surface area contributed by atoms with Gasteiger partial charge in [0.15, 0.2) is 11.0 Å². The number of hydrogen-bond acceptors (Lipinski definition) is 5. The Labute approximate surface area is 174 Å². The Morgan fingerprint density at radius 1 is 1.17 bits per heavy atom. The average Bonchev–Trinajstić information content (AvgIpc) is 3.08. The lowest BCUT2D eigenvalue weighted by Gasteiger charge is -2.18. The van der Waals surface area contributed by atoms with Gasteiger partial charge in [0, 0.05) is 12.2 Å². The molecule has 8 nitrogen and oxygen atoms in total. The van der Waals surface area contributed by atoms with Crippen LogP contribution in [0, 0.1) is 11.7 Å². The second-order valence-electron chi connectivity index (χ2n) is 7.39. The molecule has 0 spiro atoms. The van der Waals surface area contributed by atoms with Crippen molar-refractivity contribution in [3.8, 4) is 5.69 Å². The average molecular weight is 424 g/mol. The minimum Gasteiger partial charge on any atom is -0.338 e. The van der Waals surface area contributed by atoms with Crippen LogP contribution in [0.15, 0.2) is 29.4 Å². The molecular formula is C19H28FN6O2S+. The summed E-state index contributed by atoms with van der Waals surface area (Å²) in [5.74, 6) is 0.221. The van der Waals surface area contributed by atoms with Crippen LogP contribution in [0.2, 0.25) is 0 Å². The first-order chi connectivity index (χ1) is 13.7. The summed E-state index contributed by atoms with van der Waals surface area (Å²) in [6, 6.07) is 5.53. The minimum absolute atomic E-state index is 0.00235. The number of benzene rings is 1. The van der Waals surface area contributed by atoms with Gasteiger partial charge in [0.1, 0.15) is 11.9 Å². The highest BCUT2D eigenvalue weighted by atomic mass is 32.2. The van der Waals surface area contributed by atoms with Crippen LogP contribution < -0.4 is 15.5 Å². The Bertz CT molecular complexity index is 838. The number of imide groups is 1. The van der Waals surface area contributed by atoms with E-state index in [4.69, 9.17) is 0 Å². The van der Waals surface area contributed by atoms with E-state index in [2.05, 4.69) is 20.8 Å². The third kappa shape index (κ3) is 6.53. The third-order valence-corrected chi connectivity index (χ3v) is 5.18. The summed E-state index contributed by atoms with van der Waals surface area (Å²) in [6.07, 6.45) is 0. The number of amides is 3. The van der Waals surface area contributed by atoms with Gasteiger partial charge in [0.2, 0.25) is 5.91 Å². The first-order valence-corrected chi connectivity index (χ1v) is 10.4. The lowest BCUT2D eigenvalue weighted by Crippen LogP contribution is -3.05. The fourth-order valence-electron chi connectivity index (χ4n) is 2.38. The number of carbonyl (C=O) groups is 2. The molecule has 3 N–H and O–H groups in total. The van der Waals surface area contributed by atoms with E-state index in [-0.39, 0.29) is 17.6 Å². The van der Waals surface area contributed by atoms with Gasteiger partial charge in [-0.3, -0.25) is 14.7 Å². The van der Waals surface area contributed by atoms with E-state index in [1.54, 1.807) is 12.1 Å². The van der Waals surface area contributed by atoms with Gasteiger partial charge in [-0.1, -0.05) is 25.6 Å². The van der Waals surface area contributed by atoms with Gasteiger partial charge in [-0.25, -0.2) is 9.18 Å². The van der Waals surface area contributed by atoms with Crippen molar-refractivity contribution in [2.24, 2.45) is 5.92 Å². The second-order valence-corrected chi connectivity index (χ2v) is 8.33. The van der Waals surface area contributed by atoms with Crippen LogP contribution in [-0.4, -0.2) is 53.1 Å². The maximum atomic E-state index is 13.4. The number of carbonyl (C=O) groups excluding carboxylic acids is 2. The molecule has 0 bridgehead atoms. The van der Waals surface area contributed by atoms with Gasteiger partial charge in [-0.05, 0) is 37.1 Å². The monoisotopic (exact) mass is 423 g/mol. The standard InChI is InChI=1S/C19H27FN6O2S/c1-12(2)10-21-18(28)22-16(27)11-29-19-24-23-17(13(3)25(4)5)26(19)15-8-6-14(20)7-9-15/h6-9,12-13H,10-11H2,1-5H3,(H2,21,22,27,28)/p+1/t13-/m1/s1. The summed E-state index contributed by atoms with van der Waals surface area (Å²) >= 11 is 1.16. The summed E-state index contributed by atoms with van der Waals surface area (Å²) in [6.45, 7) is 6.43. The molecule has 0 aliphatic carbocycles. The fourth-order valence-corrected chi connectivity index (χ4v) is 3.14. The molecule has 0 aliphatic heterocycles. The normalized spacial score (nSPS) is 12.3. The van der Waals surface area contributed by atoms with Crippen LogP contribution in [0.3, 0.4) is 0 Å². The predicted molar refractivity (Wildman–Crippen MR) is 110 cm³/mol. The number of quaternary nitrogens is 1. The number of aromatic nitrogens is 3. The molecule has 2 aromatic rings. The summed E-state index contributed by atoms with van der Waals surface area (Å²) in [7, 11) is 4.01. The van der Waals surface area contributed by atoms with E-state index >= 15 is 0 Å². The smallest absolute Gasteiger partial charge is 0.321 e. The summed E-state index contributed by atoms with van der Waals surface area (Å²) in [4.78, 5) is 25.0. The molecule has 2 rings (SSSR count). The molecule has 10 heteroatoms. The van der Waals surface area contributed by atoms with E-state index < -0.39 is 11.9 Å². The molecule has 0 aliphatic rings.